The second-order valence-electron chi connectivity index (χ2n) is 4.83. The summed E-state index contributed by atoms with van der Waals surface area (Å²) in [7, 11) is 0. The minimum absolute atomic E-state index is 0.102. The first-order valence-electron chi connectivity index (χ1n) is 6.42. The van der Waals surface area contributed by atoms with E-state index in [0.717, 1.165) is 34.4 Å². The predicted molar refractivity (Wildman–Crippen MR) is 76.8 cm³/mol. The van der Waals surface area contributed by atoms with Gasteiger partial charge < -0.3 is 10.2 Å². The molecule has 0 fully saturated rings. The summed E-state index contributed by atoms with van der Waals surface area (Å²) in [5, 5.41) is 1.12. The Labute approximate surface area is 112 Å². The number of fused-ring (bicyclic) bond motifs is 1. The van der Waals surface area contributed by atoms with Crippen LogP contribution < -0.4 is 5.73 Å². The van der Waals surface area contributed by atoms with Crippen LogP contribution in [0.25, 0.3) is 22.2 Å². The van der Waals surface area contributed by atoms with Crippen LogP contribution in [0.2, 0.25) is 0 Å². The van der Waals surface area contributed by atoms with Crippen molar-refractivity contribution in [1.29, 1.82) is 0 Å². The SMILES string of the molecule is CC(N)Cc1ccc(-c2cccc3cccnc23)o1. The summed E-state index contributed by atoms with van der Waals surface area (Å²) in [4.78, 5) is 4.44. The van der Waals surface area contributed by atoms with Gasteiger partial charge >= 0.3 is 0 Å². The average molecular weight is 252 g/mol. The van der Waals surface area contributed by atoms with Gasteiger partial charge in [0.15, 0.2) is 0 Å². The summed E-state index contributed by atoms with van der Waals surface area (Å²) in [6, 6.07) is 14.2. The Hall–Kier alpha value is -2.13. The van der Waals surface area contributed by atoms with Crippen LogP contribution in [0.5, 0.6) is 0 Å². The van der Waals surface area contributed by atoms with E-state index in [0.29, 0.717) is 0 Å². The Morgan fingerprint density at radius 1 is 1.16 bits per heavy atom. The fraction of sp³-hybridized carbons (Fsp3) is 0.188. The molecule has 0 bridgehead atoms. The first-order valence-corrected chi connectivity index (χ1v) is 6.42. The fourth-order valence-corrected chi connectivity index (χ4v) is 2.25. The third-order valence-corrected chi connectivity index (χ3v) is 3.08. The number of para-hydroxylation sites is 1. The van der Waals surface area contributed by atoms with E-state index < -0.39 is 0 Å². The Balaban J connectivity index is 2.06. The molecular weight excluding hydrogens is 236 g/mol. The predicted octanol–water partition coefficient (Wildman–Crippen LogP) is 3.38. The van der Waals surface area contributed by atoms with Crippen molar-refractivity contribution in [3.63, 3.8) is 0 Å². The van der Waals surface area contributed by atoms with E-state index in [1.54, 1.807) is 6.20 Å². The molecule has 1 unspecified atom stereocenters. The molecule has 3 nitrogen and oxygen atoms in total. The highest BCUT2D eigenvalue weighted by Gasteiger charge is 2.10. The summed E-state index contributed by atoms with van der Waals surface area (Å²) in [5.41, 5.74) is 7.78. The molecule has 2 heterocycles. The van der Waals surface area contributed by atoms with Gasteiger partial charge in [-0.05, 0) is 31.2 Å². The van der Waals surface area contributed by atoms with E-state index in [1.165, 1.54) is 0 Å². The third kappa shape index (κ3) is 2.37. The molecule has 0 amide bonds. The van der Waals surface area contributed by atoms with Gasteiger partial charge in [0.25, 0.3) is 0 Å². The van der Waals surface area contributed by atoms with E-state index >= 15 is 0 Å². The fourth-order valence-electron chi connectivity index (χ4n) is 2.25. The summed E-state index contributed by atoms with van der Waals surface area (Å²) in [6.45, 7) is 1.97. The molecule has 2 N–H and O–H groups in total. The molecule has 0 aliphatic heterocycles. The molecule has 0 aliphatic rings. The average Bonchev–Trinajstić information content (AvgIpc) is 2.85. The first-order chi connectivity index (χ1) is 9.24. The van der Waals surface area contributed by atoms with Crippen LogP contribution in [0.3, 0.4) is 0 Å². The van der Waals surface area contributed by atoms with Gasteiger partial charge in [-0.15, -0.1) is 0 Å². The Bertz CT molecular complexity index is 695. The maximum absolute atomic E-state index is 5.87. The normalized spacial score (nSPS) is 12.7. The molecule has 0 saturated carbocycles. The van der Waals surface area contributed by atoms with Crippen molar-refractivity contribution in [2.24, 2.45) is 5.73 Å². The summed E-state index contributed by atoms with van der Waals surface area (Å²) >= 11 is 0. The van der Waals surface area contributed by atoms with E-state index in [9.17, 15) is 0 Å². The van der Waals surface area contributed by atoms with Gasteiger partial charge in [0.05, 0.1) is 5.52 Å². The van der Waals surface area contributed by atoms with Gasteiger partial charge in [0, 0.05) is 29.6 Å². The lowest BCUT2D eigenvalue weighted by Crippen LogP contribution is -2.17. The van der Waals surface area contributed by atoms with Crippen LogP contribution in [-0.2, 0) is 6.42 Å². The van der Waals surface area contributed by atoms with Crippen molar-refractivity contribution in [1.82, 2.24) is 4.98 Å². The van der Waals surface area contributed by atoms with Crippen LogP contribution in [0.1, 0.15) is 12.7 Å². The van der Waals surface area contributed by atoms with Crippen molar-refractivity contribution >= 4 is 10.9 Å². The zero-order valence-corrected chi connectivity index (χ0v) is 10.8. The van der Waals surface area contributed by atoms with Crippen molar-refractivity contribution in [3.8, 4) is 11.3 Å². The molecule has 3 aromatic rings. The second kappa shape index (κ2) is 4.86. The number of rotatable bonds is 3. The number of hydrogen-bond acceptors (Lipinski definition) is 3. The number of benzene rings is 1. The van der Waals surface area contributed by atoms with Gasteiger partial charge in [-0.1, -0.05) is 18.2 Å². The largest absolute Gasteiger partial charge is 0.461 e. The zero-order valence-electron chi connectivity index (χ0n) is 10.8. The summed E-state index contributed by atoms with van der Waals surface area (Å²) in [5.74, 6) is 1.76. The maximum atomic E-state index is 5.87. The highest BCUT2D eigenvalue weighted by atomic mass is 16.3. The lowest BCUT2D eigenvalue weighted by atomic mass is 10.1. The molecule has 3 heteroatoms. The molecule has 96 valence electrons. The number of hydrogen-bond donors (Lipinski definition) is 1. The first kappa shape index (κ1) is 11.9. The van der Waals surface area contributed by atoms with Crippen molar-refractivity contribution in [2.45, 2.75) is 19.4 Å². The molecule has 3 rings (SSSR count). The third-order valence-electron chi connectivity index (χ3n) is 3.08. The monoisotopic (exact) mass is 252 g/mol. The highest BCUT2D eigenvalue weighted by Crippen LogP contribution is 2.28. The highest BCUT2D eigenvalue weighted by molar-refractivity contribution is 5.92. The van der Waals surface area contributed by atoms with Gasteiger partial charge in [0.1, 0.15) is 11.5 Å². The molecule has 0 aliphatic carbocycles. The lowest BCUT2D eigenvalue weighted by molar-refractivity contribution is 0.503. The standard InChI is InChI=1S/C16H16N2O/c1-11(17)10-13-7-8-15(19-13)14-6-2-4-12-5-3-9-18-16(12)14/h2-9,11H,10,17H2,1H3. The Morgan fingerprint density at radius 2 is 2.00 bits per heavy atom. The van der Waals surface area contributed by atoms with Crippen molar-refractivity contribution in [2.75, 3.05) is 0 Å². The molecular formula is C16H16N2O. The van der Waals surface area contributed by atoms with Crippen LogP contribution in [-0.4, -0.2) is 11.0 Å². The van der Waals surface area contributed by atoms with Gasteiger partial charge in [-0.25, -0.2) is 0 Å². The molecule has 1 aromatic carbocycles. The van der Waals surface area contributed by atoms with Crippen LogP contribution >= 0.6 is 0 Å². The van der Waals surface area contributed by atoms with E-state index in [4.69, 9.17) is 10.2 Å². The molecule has 19 heavy (non-hydrogen) atoms. The number of nitrogens with two attached hydrogens (primary N) is 1. The summed E-state index contributed by atoms with van der Waals surface area (Å²) < 4.78 is 5.87. The Morgan fingerprint density at radius 3 is 2.84 bits per heavy atom. The van der Waals surface area contributed by atoms with E-state index in [-0.39, 0.29) is 6.04 Å². The number of pyridine rings is 1. The van der Waals surface area contributed by atoms with Gasteiger partial charge in [-0.2, -0.15) is 0 Å². The van der Waals surface area contributed by atoms with Crippen LogP contribution in [0, 0.1) is 0 Å². The molecule has 1 atom stereocenters. The molecule has 0 spiro atoms. The molecule has 2 aromatic heterocycles. The maximum Gasteiger partial charge on any atom is 0.136 e. The van der Waals surface area contributed by atoms with Crippen molar-refractivity contribution < 1.29 is 4.42 Å². The number of furan rings is 1. The zero-order chi connectivity index (χ0) is 13.2. The van der Waals surface area contributed by atoms with Gasteiger partial charge in [0.2, 0.25) is 0 Å². The number of nitrogens with zero attached hydrogens (tertiary/aromatic N) is 1. The van der Waals surface area contributed by atoms with Crippen LogP contribution in [0.4, 0.5) is 0 Å². The second-order valence-corrected chi connectivity index (χ2v) is 4.83. The molecule has 0 saturated heterocycles. The van der Waals surface area contributed by atoms with Gasteiger partial charge in [-0.3, -0.25) is 4.98 Å². The lowest BCUT2D eigenvalue weighted by Gasteiger charge is -2.03. The molecule has 0 radical (unpaired) electrons. The Kier molecular flexibility index (Phi) is 3.05. The van der Waals surface area contributed by atoms with Crippen LogP contribution in [0.15, 0.2) is 53.1 Å². The number of aromatic nitrogens is 1. The van der Waals surface area contributed by atoms with E-state index in [2.05, 4.69) is 17.1 Å². The summed E-state index contributed by atoms with van der Waals surface area (Å²) in [6.07, 6.45) is 2.55. The quantitative estimate of drug-likeness (QED) is 0.777. The minimum Gasteiger partial charge on any atom is -0.461 e. The topological polar surface area (TPSA) is 52.0 Å². The van der Waals surface area contributed by atoms with E-state index in [1.807, 2.05) is 37.3 Å². The van der Waals surface area contributed by atoms with Crippen molar-refractivity contribution in [3.05, 3.63) is 54.4 Å². The smallest absolute Gasteiger partial charge is 0.136 e. The minimum atomic E-state index is 0.102.